The second-order valence-electron chi connectivity index (χ2n) is 5.70. The third kappa shape index (κ3) is 5.44. The van der Waals surface area contributed by atoms with E-state index in [0.29, 0.717) is 6.42 Å². The SMILES string of the molecule is CCCCC(=O)Nc1ccc(N(CC)Cc2ccccc2)cc1. The summed E-state index contributed by atoms with van der Waals surface area (Å²) in [6.45, 7) is 6.08. The summed E-state index contributed by atoms with van der Waals surface area (Å²) in [6, 6.07) is 18.6. The minimum absolute atomic E-state index is 0.0937. The molecule has 23 heavy (non-hydrogen) atoms. The molecule has 0 aromatic heterocycles. The van der Waals surface area contributed by atoms with Gasteiger partial charge in [0.05, 0.1) is 0 Å². The van der Waals surface area contributed by atoms with Gasteiger partial charge in [-0.3, -0.25) is 4.79 Å². The lowest BCUT2D eigenvalue weighted by atomic mass is 10.2. The number of carbonyl (C=O) groups is 1. The number of rotatable bonds is 8. The van der Waals surface area contributed by atoms with E-state index in [2.05, 4.69) is 60.5 Å². The molecular formula is C20H26N2O. The van der Waals surface area contributed by atoms with E-state index in [1.807, 2.05) is 18.2 Å². The monoisotopic (exact) mass is 310 g/mol. The molecule has 0 aliphatic heterocycles. The van der Waals surface area contributed by atoms with Crippen molar-refractivity contribution in [2.24, 2.45) is 0 Å². The van der Waals surface area contributed by atoms with Gasteiger partial charge in [0, 0.05) is 30.9 Å². The Morgan fingerprint density at radius 1 is 1.00 bits per heavy atom. The van der Waals surface area contributed by atoms with E-state index < -0.39 is 0 Å². The molecule has 3 heteroatoms. The Kier molecular flexibility index (Phi) is 6.67. The largest absolute Gasteiger partial charge is 0.367 e. The Bertz CT molecular complexity index is 593. The number of anilines is 2. The van der Waals surface area contributed by atoms with Crippen LogP contribution in [0.4, 0.5) is 11.4 Å². The molecule has 0 heterocycles. The summed E-state index contributed by atoms with van der Waals surface area (Å²) in [7, 11) is 0. The number of amides is 1. The maximum atomic E-state index is 11.8. The molecule has 2 aromatic rings. The quantitative estimate of drug-likeness (QED) is 0.756. The lowest BCUT2D eigenvalue weighted by Crippen LogP contribution is -2.21. The van der Waals surface area contributed by atoms with Crippen molar-refractivity contribution in [1.82, 2.24) is 0 Å². The highest BCUT2D eigenvalue weighted by Crippen LogP contribution is 2.20. The van der Waals surface area contributed by atoms with Crippen molar-refractivity contribution < 1.29 is 4.79 Å². The van der Waals surface area contributed by atoms with Crippen LogP contribution in [-0.4, -0.2) is 12.5 Å². The third-order valence-corrected chi connectivity index (χ3v) is 3.87. The van der Waals surface area contributed by atoms with Gasteiger partial charge >= 0.3 is 0 Å². The molecule has 0 aliphatic rings. The van der Waals surface area contributed by atoms with E-state index in [1.54, 1.807) is 0 Å². The van der Waals surface area contributed by atoms with Crippen molar-refractivity contribution in [3.63, 3.8) is 0 Å². The number of nitrogens with one attached hydrogen (secondary N) is 1. The molecule has 0 radical (unpaired) electrons. The van der Waals surface area contributed by atoms with Gasteiger partial charge in [-0.15, -0.1) is 0 Å². The molecular weight excluding hydrogens is 284 g/mol. The summed E-state index contributed by atoms with van der Waals surface area (Å²) in [5.41, 5.74) is 3.33. The van der Waals surface area contributed by atoms with Crippen molar-refractivity contribution in [3.05, 3.63) is 60.2 Å². The summed E-state index contributed by atoms with van der Waals surface area (Å²) < 4.78 is 0. The van der Waals surface area contributed by atoms with E-state index in [4.69, 9.17) is 0 Å². The summed E-state index contributed by atoms with van der Waals surface area (Å²) in [4.78, 5) is 14.1. The van der Waals surface area contributed by atoms with Crippen molar-refractivity contribution in [2.45, 2.75) is 39.7 Å². The van der Waals surface area contributed by atoms with Crippen LogP contribution in [0.15, 0.2) is 54.6 Å². The number of benzene rings is 2. The van der Waals surface area contributed by atoms with Crippen LogP contribution < -0.4 is 10.2 Å². The average Bonchev–Trinajstić information content (AvgIpc) is 2.59. The second-order valence-corrected chi connectivity index (χ2v) is 5.70. The van der Waals surface area contributed by atoms with Gasteiger partial charge < -0.3 is 10.2 Å². The van der Waals surface area contributed by atoms with Crippen molar-refractivity contribution in [1.29, 1.82) is 0 Å². The van der Waals surface area contributed by atoms with Gasteiger partial charge in [-0.1, -0.05) is 43.7 Å². The molecule has 0 bridgehead atoms. The molecule has 2 rings (SSSR count). The van der Waals surface area contributed by atoms with Gasteiger partial charge in [-0.05, 0) is 43.2 Å². The molecule has 0 saturated heterocycles. The number of unbranched alkanes of at least 4 members (excludes halogenated alkanes) is 1. The van der Waals surface area contributed by atoms with Crippen molar-refractivity contribution in [2.75, 3.05) is 16.8 Å². The van der Waals surface area contributed by atoms with E-state index in [0.717, 1.165) is 31.6 Å². The standard InChI is InChI=1S/C20H26N2O/c1-3-5-11-20(23)21-18-12-14-19(15-13-18)22(4-2)16-17-9-7-6-8-10-17/h6-10,12-15H,3-5,11,16H2,1-2H3,(H,21,23). The Labute approximate surface area is 139 Å². The zero-order chi connectivity index (χ0) is 16.5. The highest BCUT2D eigenvalue weighted by molar-refractivity contribution is 5.90. The van der Waals surface area contributed by atoms with Crippen LogP contribution in [0, 0.1) is 0 Å². The van der Waals surface area contributed by atoms with Gasteiger partial charge in [0.25, 0.3) is 0 Å². The number of nitrogens with zero attached hydrogens (tertiary/aromatic N) is 1. The first-order valence-electron chi connectivity index (χ1n) is 8.41. The minimum Gasteiger partial charge on any atom is -0.367 e. The van der Waals surface area contributed by atoms with Crippen LogP contribution in [-0.2, 0) is 11.3 Å². The summed E-state index contributed by atoms with van der Waals surface area (Å²) in [5.74, 6) is 0.0937. The van der Waals surface area contributed by atoms with E-state index in [1.165, 1.54) is 11.3 Å². The smallest absolute Gasteiger partial charge is 0.224 e. The molecule has 0 atom stereocenters. The second kappa shape index (κ2) is 8.99. The number of hydrogen-bond acceptors (Lipinski definition) is 2. The normalized spacial score (nSPS) is 10.3. The molecule has 0 saturated carbocycles. The predicted octanol–water partition coefficient (Wildman–Crippen LogP) is 4.84. The molecule has 122 valence electrons. The molecule has 3 nitrogen and oxygen atoms in total. The molecule has 0 unspecified atom stereocenters. The van der Waals surface area contributed by atoms with Crippen molar-refractivity contribution >= 4 is 17.3 Å². The number of hydrogen-bond donors (Lipinski definition) is 1. The van der Waals surface area contributed by atoms with Gasteiger partial charge in [-0.2, -0.15) is 0 Å². The zero-order valence-electron chi connectivity index (χ0n) is 14.1. The fourth-order valence-electron chi connectivity index (χ4n) is 2.51. The third-order valence-electron chi connectivity index (χ3n) is 3.87. The first kappa shape index (κ1) is 17.1. The van der Waals surface area contributed by atoms with Crippen LogP contribution in [0.2, 0.25) is 0 Å². The maximum absolute atomic E-state index is 11.8. The molecule has 1 amide bonds. The molecule has 0 spiro atoms. The van der Waals surface area contributed by atoms with Crippen molar-refractivity contribution in [3.8, 4) is 0 Å². The highest BCUT2D eigenvalue weighted by atomic mass is 16.1. The Morgan fingerprint density at radius 3 is 2.30 bits per heavy atom. The first-order valence-corrected chi connectivity index (χ1v) is 8.41. The van der Waals surface area contributed by atoms with Gasteiger partial charge in [-0.25, -0.2) is 0 Å². The molecule has 0 fully saturated rings. The van der Waals surface area contributed by atoms with Gasteiger partial charge in [0.1, 0.15) is 0 Å². The fourth-order valence-corrected chi connectivity index (χ4v) is 2.51. The van der Waals surface area contributed by atoms with E-state index in [-0.39, 0.29) is 5.91 Å². The Balaban J connectivity index is 1.98. The van der Waals surface area contributed by atoms with Gasteiger partial charge in [0.2, 0.25) is 5.91 Å². The lowest BCUT2D eigenvalue weighted by Gasteiger charge is -2.23. The minimum atomic E-state index is 0.0937. The van der Waals surface area contributed by atoms with Crippen LogP contribution in [0.5, 0.6) is 0 Å². The topological polar surface area (TPSA) is 32.3 Å². The van der Waals surface area contributed by atoms with E-state index in [9.17, 15) is 4.79 Å². The molecule has 1 N–H and O–H groups in total. The Morgan fingerprint density at radius 2 is 1.70 bits per heavy atom. The highest BCUT2D eigenvalue weighted by Gasteiger charge is 2.06. The Hall–Kier alpha value is -2.29. The number of carbonyl (C=O) groups excluding carboxylic acids is 1. The van der Waals surface area contributed by atoms with Crippen LogP contribution in [0.3, 0.4) is 0 Å². The summed E-state index contributed by atoms with van der Waals surface area (Å²) in [5, 5.41) is 2.95. The fraction of sp³-hybridized carbons (Fsp3) is 0.350. The van der Waals surface area contributed by atoms with Crippen LogP contribution >= 0.6 is 0 Å². The zero-order valence-corrected chi connectivity index (χ0v) is 14.1. The van der Waals surface area contributed by atoms with Crippen LogP contribution in [0.1, 0.15) is 38.7 Å². The lowest BCUT2D eigenvalue weighted by molar-refractivity contribution is -0.116. The summed E-state index contributed by atoms with van der Waals surface area (Å²) in [6.07, 6.45) is 2.56. The van der Waals surface area contributed by atoms with Crippen LogP contribution in [0.25, 0.3) is 0 Å². The summed E-state index contributed by atoms with van der Waals surface area (Å²) >= 11 is 0. The first-order chi connectivity index (χ1) is 11.2. The predicted molar refractivity (Wildman–Crippen MR) is 97.8 cm³/mol. The van der Waals surface area contributed by atoms with Gasteiger partial charge in [0.15, 0.2) is 0 Å². The van der Waals surface area contributed by atoms with E-state index >= 15 is 0 Å². The maximum Gasteiger partial charge on any atom is 0.224 e. The average molecular weight is 310 g/mol. The molecule has 0 aliphatic carbocycles. The molecule has 2 aromatic carbocycles.